The first-order valence-corrected chi connectivity index (χ1v) is 11.5. The normalized spacial score (nSPS) is 14.7. The average Bonchev–Trinajstić information content (AvgIpc) is 3.08. The van der Waals surface area contributed by atoms with Crippen molar-refractivity contribution in [2.45, 2.75) is 20.4 Å². The summed E-state index contributed by atoms with van der Waals surface area (Å²) in [5.41, 5.74) is 8.62. The fourth-order valence-electron chi connectivity index (χ4n) is 3.93. The maximum absolute atomic E-state index is 12.5. The first-order valence-electron chi connectivity index (χ1n) is 10.7. The molecular weight excluding hydrogens is 468 g/mol. The van der Waals surface area contributed by atoms with Gasteiger partial charge in [0, 0.05) is 52.3 Å². The zero-order chi connectivity index (χ0) is 22.5. The standard InChI is InChI=1S/C25H27BrN4O2/c1-18-14-22(19(2)30(18)24-5-3-4-23(26)15-24)16-27-28-25(31)21-8-6-20(7-9-21)17-29-10-12-32-13-11-29/h3-9,14-16H,10-13,17H2,1-2H3,(H,28,31)/b27-16-. The van der Waals surface area contributed by atoms with Gasteiger partial charge in [-0.2, -0.15) is 5.10 Å². The van der Waals surface area contributed by atoms with E-state index < -0.39 is 0 Å². The molecule has 32 heavy (non-hydrogen) atoms. The smallest absolute Gasteiger partial charge is 0.271 e. The predicted octanol–water partition coefficient (Wildman–Crippen LogP) is 4.45. The van der Waals surface area contributed by atoms with Gasteiger partial charge in [0.2, 0.25) is 0 Å². The van der Waals surface area contributed by atoms with Crippen LogP contribution in [0.4, 0.5) is 0 Å². The lowest BCUT2D eigenvalue weighted by Crippen LogP contribution is -2.35. The number of hydrogen-bond acceptors (Lipinski definition) is 4. The third kappa shape index (κ3) is 5.35. The zero-order valence-electron chi connectivity index (χ0n) is 18.3. The summed E-state index contributed by atoms with van der Waals surface area (Å²) in [6, 6.07) is 17.9. The first-order chi connectivity index (χ1) is 15.5. The van der Waals surface area contributed by atoms with Crippen molar-refractivity contribution in [3.05, 3.63) is 87.1 Å². The number of morpholine rings is 1. The molecule has 1 aliphatic heterocycles. The Kier molecular flexibility index (Phi) is 7.19. The van der Waals surface area contributed by atoms with Crippen LogP contribution in [0, 0.1) is 13.8 Å². The molecule has 0 atom stereocenters. The minimum absolute atomic E-state index is 0.222. The van der Waals surface area contributed by atoms with Crippen LogP contribution in [0.2, 0.25) is 0 Å². The predicted molar refractivity (Wildman–Crippen MR) is 131 cm³/mol. The number of hydrazone groups is 1. The molecule has 0 spiro atoms. The number of hydrogen-bond donors (Lipinski definition) is 1. The van der Waals surface area contributed by atoms with Gasteiger partial charge < -0.3 is 9.30 Å². The molecule has 2 heterocycles. The minimum Gasteiger partial charge on any atom is -0.379 e. The molecule has 166 valence electrons. The fraction of sp³-hybridized carbons (Fsp3) is 0.280. The molecular formula is C25H27BrN4O2. The molecule has 1 N–H and O–H groups in total. The highest BCUT2D eigenvalue weighted by molar-refractivity contribution is 9.10. The van der Waals surface area contributed by atoms with E-state index in [1.165, 1.54) is 5.56 Å². The van der Waals surface area contributed by atoms with E-state index in [0.29, 0.717) is 5.56 Å². The molecule has 1 amide bonds. The topological polar surface area (TPSA) is 58.9 Å². The number of rotatable bonds is 6. The van der Waals surface area contributed by atoms with E-state index in [1.54, 1.807) is 6.21 Å². The Labute approximate surface area is 197 Å². The van der Waals surface area contributed by atoms with Crippen molar-refractivity contribution in [2.75, 3.05) is 26.3 Å². The maximum atomic E-state index is 12.5. The lowest BCUT2D eigenvalue weighted by molar-refractivity contribution is 0.0342. The van der Waals surface area contributed by atoms with Crippen molar-refractivity contribution >= 4 is 28.1 Å². The molecule has 0 radical (unpaired) electrons. The Morgan fingerprint density at radius 3 is 2.59 bits per heavy atom. The van der Waals surface area contributed by atoms with Gasteiger partial charge in [-0.3, -0.25) is 9.69 Å². The molecule has 7 heteroatoms. The summed E-state index contributed by atoms with van der Waals surface area (Å²) in [4.78, 5) is 14.8. The quantitative estimate of drug-likeness (QED) is 0.406. The molecule has 0 saturated carbocycles. The summed E-state index contributed by atoms with van der Waals surface area (Å²) in [6.07, 6.45) is 1.70. The zero-order valence-corrected chi connectivity index (χ0v) is 19.9. The molecule has 0 bridgehead atoms. The number of halogens is 1. The second kappa shape index (κ2) is 10.3. The van der Waals surface area contributed by atoms with E-state index in [0.717, 1.165) is 60.0 Å². The van der Waals surface area contributed by atoms with Gasteiger partial charge in [-0.1, -0.05) is 34.1 Å². The first kappa shape index (κ1) is 22.5. The number of aromatic nitrogens is 1. The molecule has 1 aliphatic rings. The molecule has 2 aromatic carbocycles. The van der Waals surface area contributed by atoms with Gasteiger partial charge in [-0.05, 0) is 55.8 Å². The molecule has 4 rings (SSSR count). The Balaban J connectivity index is 1.38. The summed E-state index contributed by atoms with van der Waals surface area (Å²) in [7, 11) is 0. The van der Waals surface area contributed by atoms with Crippen LogP contribution in [0.25, 0.3) is 5.69 Å². The summed E-state index contributed by atoms with van der Waals surface area (Å²) in [5.74, 6) is -0.222. The van der Waals surface area contributed by atoms with E-state index >= 15 is 0 Å². The highest BCUT2D eigenvalue weighted by atomic mass is 79.9. The van der Waals surface area contributed by atoms with Crippen LogP contribution >= 0.6 is 15.9 Å². The average molecular weight is 495 g/mol. The second-order valence-corrected chi connectivity index (χ2v) is 8.84. The van der Waals surface area contributed by atoms with Gasteiger partial charge in [-0.25, -0.2) is 5.43 Å². The van der Waals surface area contributed by atoms with Crippen molar-refractivity contribution in [1.82, 2.24) is 14.9 Å². The highest BCUT2D eigenvalue weighted by Crippen LogP contribution is 2.22. The Bertz CT molecular complexity index is 1120. The molecule has 6 nitrogen and oxygen atoms in total. The maximum Gasteiger partial charge on any atom is 0.271 e. The number of aryl methyl sites for hydroxylation is 1. The molecule has 3 aromatic rings. The number of nitrogens with zero attached hydrogens (tertiary/aromatic N) is 3. The van der Waals surface area contributed by atoms with E-state index in [9.17, 15) is 4.79 Å². The lowest BCUT2D eigenvalue weighted by atomic mass is 10.1. The largest absolute Gasteiger partial charge is 0.379 e. The molecule has 0 aliphatic carbocycles. The van der Waals surface area contributed by atoms with Crippen LogP contribution in [-0.2, 0) is 11.3 Å². The van der Waals surface area contributed by atoms with Gasteiger partial charge in [-0.15, -0.1) is 0 Å². The van der Waals surface area contributed by atoms with Crippen molar-refractivity contribution in [3.8, 4) is 5.69 Å². The summed E-state index contributed by atoms with van der Waals surface area (Å²) < 4.78 is 8.59. The highest BCUT2D eigenvalue weighted by Gasteiger charge is 2.12. The Morgan fingerprint density at radius 2 is 1.88 bits per heavy atom. The third-order valence-electron chi connectivity index (χ3n) is 5.63. The Hall–Kier alpha value is -2.74. The van der Waals surface area contributed by atoms with E-state index in [1.807, 2.05) is 43.3 Å². The van der Waals surface area contributed by atoms with E-state index in [2.05, 4.69) is 61.0 Å². The van der Waals surface area contributed by atoms with Crippen LogP contribution in [-0.4, -0.2) is 47.9 Å². The van der Waals surface area contributed by atoms with E-state index in [4.69, 9.17) is 4.74 Å². The SMILES string of the molecule is Cc1cc(/C=N\NC(=O)c2ccc(CN3CCOCC3)cc2)c(C)n1-c1cccc(Br)c1. The number of ether oxygens (including phenoxy) is 1. The number of carbonyl (C=O) groups is 1. The van der Waals surface area contributed by atoms with Crippen molar-refractivity contribution in [2.24, 2.45) is 5.10 Å². The summed E-state index contributed by atoms with van der Waals surface area (Å²) in [6.45, 7) is 8.43. The molecule has 1 aromatic heterocycles. The lowest BCUT2D eigenvalue weighted by Gasteiger charge is -2.26. The van der Waals surface area contributed by atoms with Gasteiger partial charge in [0.1, 0.15) is 0 Å². The third-order valence-corrected chi connectivity index (χ3v) is 6.13. The molecule has 0 unspecified atom stereocenters. The molecule has 1 saturated heterocycles. The van der Waals surface area contributed by atoms with Gasteiger partial charge in [0.25, 0.3) is 5.91 Å². The van der Waals surface area contributed by atoms with Gasteiger partial charge >= 0.3 is 0 Å². The Morgan fingerprint density at radius 1 is 1.12 bits per heavy atom. The van der Waals surface area contributed by atoms with E-state index in [-0.39, 0.29) is 5.91 Å². The van der Waals surface area contributed by atoms with Crippen LogP contribution in [0.15, 0.2) is 64.2 Å². The fourth-order valence-corrected chi connectivity index (χ4v) is 4.32. The van der Waals surface area contributed by atoms with Crippen molar-refractivity contribution in [1.29, 1.82) is 0 Å². The van der Waals surface area contributed by atoms with Gasteiger partial charge in [0.05, 0.1) is 19.4 Å². The van der Waals surface area contributed by atoms with Crippen molar-refractivity contribution < 1.29 is 9.53 Å². The van der Waals surface area contributed by atoms with Gasteiger partial charge in [0.15, 0.2) is 0 Å². The summed E-state index contributed by atoms with van der Waals surface area (Å²) >= 11 is 3.53. The summed E-state index contributed by atoms with van der Waals surface area (Å²) in [5, 5.41) is 4.19. The minimum atomic E-state index is -0.222. The second-order valence-electron chi connectivity index (χ2n) is 7.93. The van der Waals surface area contributed by atoms with Crippen LogP contribution in [0.1, 0.15) is 32.9 Å². The van der Waals surface area contributed by atoms with Crippen molar-refractivity contribution in [3.63, 3.8) is 0 Å². The van der Waals surface area contributed by atoms with Crippen LogP contribution in [0.5, 0.6) is 0 Å². The molecule has 1 fully saturated rings. The number of nitrogens with one attached hydrogen (secondary N) is 1. The van der Waals surface area contributed by atoms with Crippen LogP contribution < -0.4 is 5.43 Å². The number of carbonyl (C=O) groups excluding carboxylic acids is 1. The number of amides is 1. The number of benzene rings is 2. The monoisotopic (exact) mass is 494 g/mol. The van der Waals surface area contributed by atoms with Crippen LogP contribution in [0.3, 0.4) is 0 Å².